The summed E-state index contributed by atoms with van der Waals surface area (Å²) in [6, 6.07) is 10.1. The van der Waals surface area contributed by atoms with Crippen LogP contribution >= 0.6 is 11.3 Å². The monoisotopic (exact) mass is 380 g/mol. The standard InChI is InChI=1S/C17H20N2O4S2/c1-2-23-14-7-5-13(6-8-14)18-17(20)15-9-10-16(24-15)25(21,22)19-11-3-4-12-19/h5-10H,2-4,11-12H2,1H3,(H,18,20). The number of sulfonamides is 1. The quantitative estimate of drug-likeness (QED) is 0.835. The summed E-state index contributed by atoms with van der Waals surface area (Å²) in [5.74, 6) is 0.410. The van der Waals surface area contributed by atoms with Crippen molar-refractivity contribution in [1.29, 1.82) is 0 Å². The molecule has 1 aromatic heterocycles. The molecule has 0 bridgehead atoms. The second-order valence-electron chi connectivity index (χ2n) is 5.64. The van der Waals surface area contributed by atoms with E-state index in [0.717, 1.165) is 29.9 Å². The molecule has 0 saturated carbocycles. The van der Waals surface area contributed by atoms with Crippen LogP contribution in [0.25, 0.3) is 0 Å². The summed E-state index contributed by atoms with van der Waals surface area (Å²) in [6.45, 7) is 3.58. The number of thiophene rings is 1. The van der Waals surface area contributed by atoms with Gasteiger partial charge in [0.15, 0.2) is 0 Å². The minimum Gasteiger partial charge on any atom is -0.494 e. The van der Waals surface area contributed by atoms with Gasteiger partial charge in [0.25, 0.3) is 15.9 Å². The molecule has 0 radical (unpaired) electrons. The first kappa shape index (κ1) is 17.9. The van der Waals surface area contributed by atoms with E-state index in [-0.39, 0.29) is 10.1 Å². The number of carbonyl (C=O) groups excluding carboxylic acids is 1. The number of benzene rings is 1. The molecule has 1 aliphatic heterocycles. The molecule has 2 heterocycles. The van der Waals surface area contributed by atoms with Crippen LogP contribution in [0, 0.1) is 0 Å². The smallest absolute Gasteiger partial charge is 0.265 e. The Labute approximate surface area is 151 Å². The van der Waals surface area contributed by atoms with Crippen molar-refractivity contribution in [1.82, 2.24) is 4.31 Å². The Hall–Kier alpha value is -1.90. The molecule has 0 atom stereocenters. The lowest BCUT2D eigenvalue weighted by atomic mass is 10.3. The maximum absolute atomic E-state index is 12.5. The van der Waals surface area contributed by atoms with E-state index in [2.05, 4.69) is 5.32 Å². The van der Waals surface area contributed by atoms with Crippen molar-refractivity contribution in [2.45, 2.75) is 24.0 Å². The number of rotatable bonds is 6. The minimum absolute atomic E-state index is 0.214. The van der Waals surface area contributed by atoms with Crippen LogP contribution in [0.15, 0.2) is 40.6 Å². The van der Waals surface area contributed by atoms with Crippen molar-refractivity contribution >= 4 is 33.0 Å². The lowest BCUT2D eigenvalue weighted by Crippen LogP contribution is -2.27. The first-order valence-corrected chi connectivity index (χ1v) is 10.4. The number of nitrogens with one attached hydrogen (secondary N) is 1. The number of nitrogens with zero attached hydrogens (tertiary/aromatic N) is 1. The molecule has 3 rings (SSSR count). The highest BCUT2D eigenvalue weighted by Crippen LogP contribution is 2.28. The number of anilines is 1. The van der Waals surface area contributed by atoms with Crippen LogP contribution < -0.4 is 10.1 Å². The van der Waals surface area contributed by atoms with Crippen LogP contribution in [0.1, 0.15) is 29.4 Å². The van der Waals surface area contributed by atoms with E-state index < -0.39 is 10.0 Å². The van der Waals surface area contributed by atoms with Crippen molar-refractivity contribution in [3.8, 4) is 5.75 Å². The number of hydrogen-bond donors (Lipinski definition) is 1. The molecule has 25 heavy (non-hydrogen) atoms. The van der Waals surface area contributed by atoms with Gasteiger partial charge >= 0.3 is 0 Å². The Morgan fingerprint density at radius 3 is 2.48 bits per heavy atom. The Bertz CT molecular complexity index is 838. The van der Waals surface area contributed by atoms with Crippen LogP contribution in [0.5, 0.6) is 5.75 Å². The van der Waals surface area contributed by atoms with Gasteiger partial charge in [-0.25, -0.2) is 8.42 Å². The first-order chi connectivity index (χ1) is 12.0. The number of hydrogen-bond acceptors (Lipinski definition) is 5. The summed E-state index contributed by atoms with van der Waals surface area (Å²) < 4.78 is 32.1. The second kappa shape index (κ2) is 7.55. The van der Waals surface area contributed by atoms with Crippen molar-refractivity contribution < 1.29 is 17.9 Å². The molecule has 0 aliphatic carbocycles. The largest absolute Gasteiger partial charge is 0.494 e. The van der Waals surface area contributed by atoms with Gasteiger partial charge in [0.1, 0.15) is 9.96 Å². The highest BCUT2D eigenvalue weighted by Gasteiger charge is 2.29. The summed E-state index contributed by atoms with van der Waals surface area (Å²) in [7, 11) is -3.48. The summed E-state index contributed by atoms with van der Waals surface area (Å²) in [6.07, 6.45) is 1.77. The van der Waals surface area contributed by atoms with Crippen LogP contribution in [-0.4, -0.2) is 38.3 Å². The van der Waals surface area contributed by atoms with E-state index in [1.165, 1.54) is 10.4 Å². The van der Waals surface area contributed by atoms with Gasteiger partial charge in [0.05, 0.1) is 11.5 Å². The topological polar surface area (TPSA) is 75.7 Å². The average molecular weight is 380 g/mol. The summed E-state index contributed by atoms with van der Waals surface area (Å²) in [4.78, 5) is 12.7. The molecule has 8 heteroatoms. The Morgan fingerprint density at radius 1 is 1.16 bits per heavy atom. The molecular formula is C17H20N2O4S2. The summed E-state index contributed by atoms with van der Waals surface area (Å²) >= 11 is 0.999. The van der Waals surface area contributed by atoms with Gasteiger partial charge in [-0.1, -0.05) is 0 Å². The molecule has 1 N–H and O–H groups in total. The Morgan fingerprint density at radius 2 is 1.84 bits per heavy atom. The molecule has 0 spiro atoms. The zero-order valence-electron chi connectivity index (χ0n) is 13.9. The fraction of sp³-hybridized carbons (Fsp3) is 0.353. The number of ether oxygens (including phenoxy) is 1. The molecule has 1 fully saturated rings. The first-order valence-electron chi connectivity index (χ1n) is 8.15. The zero-order valence-corrected chi connectivity index (χ0v) is 15.5. The normalized spacial score (nSPS) is 15.2. The predicted molar refractivity (Wildman–Crippen MR) is 97.9 cm³/mol. The van der Waals surface area contributed by atoms with Crippen LogP contribution in [-0.2, 0) is 10.0 Å². The molecule has 1 aliphatic rings. The van der Waals surface area contributed by atoms with Crippen molar-refractivity contribution in [3.05, 3.63) is 41.3 Å². The molecule has 1 aromatic carbocycles. The highest BCUT2D eigenvalue weighted by molar-refractivity contribution is 7.91. The minimum atomic E-state index is -3.48. The van der Waals surface area contributed by atoms with Crippen LogP contribution in [0.3, 0.4) is 0 Å². The van der Waals surface area contributed by atoms with Gasteiger partial charge < -0.3 is 10.1 Å². The second-order valence-corrected chi connectivity index (χ2v) is 8.89. The van der Waals surface area contributed by atoms with E-state index in [9.17, 15) is 13.2 Å². The molecular weight excluding hydrogens is 360 g/mol. The van der Waals surface area contributed by atoms with Crippen molar-refractivity contribution in [2.24, 2.45) is 0 Å². The molecule has 1 saturated heterocycles. The highest BCUT2D eigenvalue weighted by atomic mass is 32.2. The third kappa shape index (κ3) is 4.02. The molecule has 0 unspecified atom stereocenters. The van der Waals surface area contributed by atoms with E-state index >= 15 is 0 Å². The van der Waals surface area contributed by atoms with Gasteiger partial charge in [-0.3, -0.25) is 4.79 Å². The molecule has 1 amide bonds. The molecule has 134 valence electrons. The average Bonchev–Trinajstić information content (AvgIpc) is 3.29. The summed E-state index contributed by atoms with van der Waals surface area (Å²) in [5.41, 5.74) is 0.630. The maximum Gasteiger partial charge on any atom is 0.265 e. The van der Waals surface area contributed by atoms with Crippen LogP contribution in [0.4, 0.5) is 5.69 Å². The Kier molecular flexibility index (Phi) is 5.41. The lowest BCUT2D eigenvalue weighted by molar-refractivity contribution is 0.103. The van der Waals surface area contributed by atoms with E-state index in [1.807, 2.05) is 6.92 Å². The lowest BCUT2D eigenvalue weighted by Gasteiger charge is -2.13. The van der Waals surface area contributed by atoms with Gasteiger partial charge in [0, 0.05) is 18.8 Å². The predicted octanol–water partition coefficient (Wildman–Crippen LogP) is 3.18. The van der Waals surface area contributed by atoms with E-state index in [4.69, 9.17) is 4.74 Å². The Balaban J connectivity index is 1.70. The SMILES string of the molecule is CCOc1ccc(NC(=O)c2ccc(S(=O)(=O)N3CCCC3)s2)cc1. The number of carbonyl (C=O) groups is 1. The van der Waals surface area contributed by atoms with Crippen molar-refractivity contribution in [2.75, 3.05) is 25.0 Å². The van der Waals surface area contributed by atoms with E-state index in [0.29, 0.717) is 30.3 Å². The molecule has 6 nitrogen and oxygen atoms in total. The van der Waals surface area contributed by atoms with Gasteiger partial charge in [-0.15, -0.1) is 11.3 Å². The van der Waals surface area contributed by atoms with Crippen molar-refractivity contribution in [3.63, 3.8) is 0 Å². The van der Waals surface area contributed by atoms with Crippen LogP contribution in [0.2, 0.25) is 0 Å². The fourth-order valence-electron chi connectivity index (χ4n) is 2.63. The molecule has 2 aromatic rings. The van der Waals surface area contributed by atoms with Gasteiger partial charge in [-0.05, 0) is 56.2 Å². The summed E-state index contributed by atoms with van der Waals surface area (Å²) in [5, 5.41) is 2.77. The van der Waals surface area contributed by atoms with E-state index in [1.54, 1.807) is 30.3 Å². The van der Waals surface area contributed by atoms with Gasteiger partial charge in [-0.2, -0.15) is 4.31 Å². The maximum atomic E-state index is 12.5. The third-order valence-corrected chi connectivity index (χ3v) is 7.34. The van der Waals surface area contributed by atoms with Gasteiger partial charge in [0.2, 0.25) is 0 Å². The fourth-order valence-corrected chi connectivity index (χ4v) is 5.50. The number of amides is 1. The zero-order chi connectivity index (χ0) is 17.9. The third-order valence-electron chi connectivity index (χ3n) is 3.89.